The van der Waals surface area contributed by atoms with E-state index in [1.54, 1.807) is 23.9 Å². The maximum Gasteiger partial charge on any atom is 0.339 e. The van der Waals surface area contributed by atoms with Crippen molar-refractivity contribution in [3.63, 3.8) is 0 Å². The first-order valence-corrected chi connectivity index (χ1v) is 6.46. The van der Waals surface area contributed by atoms with Crippen molar-refractivity contribution in [1.82, 2.24) is 0 Å². The number of thioether (sulfide) groups is 1. The molecule has 17 heavy (non-hydrogen) atoms. The van der Waals surface area contributed by atoms with Crippen LogP contribution in [0.15, 0.2) is 18.2 Å². The molecule has 0 aliphatic carbocycles. The summed E-state index contributed by atoms with van der Waals surface area (Å²) >= 11 is 1.75. The average molecular weight is 256 g/mol. The molecule has 0 radical (unpaired) electrons. The zero-order valence-electron chi connectivity index (χ0n) is 9.93. The molecule has 0 spiro atoms. The van der Waals surface area contributed by atoms with E-state index >= 15 is 0 Å². The van der Waals surface area contributed by atoms with Crippen LogP contribution in [0, 0.1) is 0 Å². The van der Waals surface area contributed by atoms with Crippen LogP contribution in [0.4, 0.5) is 0 Å². The van der Waals surface area contributed by atoms with Gasteiger partial charge in [-0.2, -0.15) is 11.8 Å². The van der Waals surface area contributed by atoms with Crippen LogP contribution in [0.5, 0.6) is 11.5 Å². The number of carboxylic acids is 1. The van der Waals surface area contributed by atoms with E-state index < -0.39 is 5.97 Å². The summed E-state index contributed by atoms with van der Waals surface area (Å²) in [5.41, 5.74) is 0.160. The molecule has 0 unspecified atom stereocenters. The van der Waals surface area contributed by atoms with Gasteiger partial charge in [-0.15, -0.1) is 0 Å². The smallest absolute Gasteiger partial charge is 0.339 e. The van der Waals surface area contributed by atoms with Gasteiger partial charge >= 0.3 is 5.97 Å². The van der Waals surface area contributed by atoms with Gasteiger partial charge in [0.05, 0.1) is 13.7 Å². The largest absolute Gasteiger partial charge is 0.497 e. The summed E-state index contributed by atoms with van der Waals surface area (Å²) in [5, 5.41) is 9.01. The summed E-state index contributed by atoms with van der Waals surface area (Å²) in [6.07, 6.45) is 0. The Bertz CT molecular complexity index is 379. The minimum Gasteiger partial charge on any atom is -0.497 e. The molecule has 1 rings (SSSR count). The summed E-state index contributed by atoms with van der Waals surface area (Å²) in [7, 11) is 1.53. The molecule has 1 aromatic rings. The molecule has 1 N–H and O–H groups in total. The van der Waals surface area contributed by atoms with E-state index in [1.165, 1.54) is 13.2 Å². The number of rotatable bonds is 7. The number of carboxylic acid groups (broad SMARTS) is 1. The molecule has 0 aromatic heterocycles. The fraction of sp³-hybridized carbons (Fsp3) is 0.417. The van der Waals surface area contributed by atoms with Crippen LogP contribution in [0.2, 0.25) is 0 Å². The minimum atomic E-state index is -0.995. The van der Waals surface area contributed by atoms with Gasteiger partial charge in [0.1, 0.15) is 17.1 Å². The van der Waals surface area contributed by atoms with Gasteiger partial charge in [-0.3, -0.25) is 0 Å². The SMILES string of the molecule is CCSCCOc1cc(OC)ccc1C(=O)O. The molecular weight excluding hydrogens is 240 g/mol. The second kappa shape index (κ2) is 7.06. The van der Waals surface area contributed by atoms with Crippen LogP contribution in [0.1, 0.15) is 17.3 Å². The summed E-state index contributed by atoms with van der Waals surface area (Å²) in [6.45, 7) is 2.56. The van der Waals surface area contributed by atoms with Crippen molar-refractivity contribution >= 4 is 17.7 Å². The number of hydrogen-bond donors (Lipinski definition) is 1. The van der Waals surface area contributed by atoms with E-state index in [1.807, 2.05) is 0 Å². The van der Waals surface area contributed by atoms with Crippen LogP contribution < -0.4 is 9.47 Å². The molecule has 0 bridgehead atoms. The van der Waals surface area contributed by atoms with E-state index in [9.17, 15) is 4.79 Å². The normalized spacial score (nSPS) is 10.0. The van der Waals surface area contributed by atoms with Gasteiger partial charge in [0, 0.05) is 11.8 Å². The van der Waals surface area contributed by atoms with Crippen LogP contribution >= 0.6 is 11.8 Å². The highest BCUT2D eigenvalue weighted by Gasteiger charge is 2.12. The quantitative estimate of drug-likeness (QED) is 0.760. The first kappa shape index (κ1) is 13.7. The summed E-state index contributed by atoms with van der Waals surface area (Å²) in [4.78, 5) is 11.0. The number of benzene rings is 1. The Morgan fingerprint density at radius 2 is 2.24 bits per heavy atom. The number of carbonyl (C=O) groups is 1. The third-order valence-corrected chi connectivity index (χ3v) is 2.97. The lowest BCUT2D eigenvalue weighted by Crippen LogP contribution is -2.06. The van der Waals surface area contributed by atoms with E-state index in [2.05, 4.69) is 6.92 Å². The Morgan fingerprint density at radius 1 is 1.47 bits per heavy atom. The average Bonchev–Trinajstić information content (AvgIpc) is 2.34. The fourth-order valence-electron chi connectivity index (χ4n) is 1.28. The Hall–Kier alpha value is -1.36. The van der Waals surface area contributed by atoms with Crippen molar-refractivity contribution in [3.05, 3.63) is 23.8 Å². The van der Waals surface area contributed by atoms with Crippen LogP contribution in [-0.2, 0) is 0 Å². The van der Waals surface area contributed by atoms with Crippen LogP contribution in [0.25, 0.3) is 0 Å². The number of aromatic carboxylic acids is 1. The molecule has 0 amide bonds. The van der Waals surface area contributed by atoms with Gasteiger partial charge in [-0.05, 0) is 17.9 Å². The monoisotopic (exact) mass is 256 g/mol. The lowest BCUT2D eigenvalue weighted by atomic mass is 10.2. The van der Waals surface area contributed by atoms with Crippen molar-refractivity contribution in [2.75, 3.05) is 25.2 Å². The van der Waals surface area contributed by atoms with Crippen molar-refractivity contribution in [1.29, 1.82) is 0 Å². The molecule has 1 aromatic carbocycles. The van der Waals surface area contributed by atoms with Gasteiger partial charge in [-0.1, -0.05) is 6.92 Å². The summed E-state index contributed by atoms with van der Waals surface area (Å²) in [6, 6.07) is 4.70. The Kier molecular flexibility index (Phi) is 5.69. The molecule has 0 saturated carbocycles. The molecule has 94 valence electrons. The second-order valence-electron chi connectivity index (χ2n) is 3.21. The lowest BCUT2D eigenvalue weighted by molar-refractivity contribution is 0.0692. The molecule has 0 fully saturated rings. The van der Waals surface area contributed by atoms with Crippen molar-refractivity contribution in [2.24, 2.45) is 0 Å². The van der Waals surface area contributed by atoms with Gasteiger partial charge in [-0.25, -0.2) is 4.79 Å². The third-order valence-electron chi connectivity index (χ3n) is 2.11. The number of methoxy groups -OCH3 is 1. The maximum atomic E-state index is 11.0. The Labute approximate surface area is 105 Å². The highest BCUT2D eigenvalue weighted by molar-refractivity contribution is 7.99. The standard InChI is InChI=1S/C12H16O4S/c1-3-17-7-6-16-11-8-9(15-2)4-5-10(11)12(13)14/h4-5,8H,3,6-7H2,1-2H3,(H,13,14). The molecule has 5 heteroatoms. The van der Waals surface area contributed by atoms with E-state index in [0.717, 1.165) is 11.5 Å². The first-order valence-electron chi connectivity index (χ1n) is 5.31. The van der Waals surface area contributed by atoms with E-state index in [-0.39, 0.29) is 5.56 Å². The topological polar surface area (TPSA) is 55.8 Å². The molecule has 0 aliphatic heterocycles. The molecule has 0 aliphatic rings. The highest BCUT2D eigenvalue weighted by atomic mass is 32.2. The zero-order chi connectivity index (χ0) is 12.7. The number of ether oxygens (including phenoxy) is 2. The fourth-order valence-corrected chi connectivity index (χ4v) is 1.77. The summed E-state index contributed by atoms with van der Waals surface area (Å²) in [5.74, 6) is 1.81. The third kappa shape index (κ3) is 4.19. The maximum absolute atomic E-state index is 11.0. The molecule has 0 saturated heterocycles. The van der Waals surface area contributed by atoms with Gasteiger partial charge in [0.15, 0.2) is 0 Å². The molecular formula is C12H16O4S. The van der Waals surface area contributed by atoms with Crippen LogP contribution in [-0.4, -0.2) is 36.3 Å². The molecule has 0 heterocycles. The Morgan fingerprint density at radius 3 is 2.82 bits per heavy atom. The van der Waals surface area contributed by atoms with Crippen molar-refractivity contribution < 1.29 is 19.4 Å². The minimum absolute atomic E-state index is 0.160. The van der Waals surface area contributed by atoms with Crippen LogP contribution in [0.3, 0.4) is 0 Å². The Balaban J connectivity index is 2.75. The first-order chi connectivity index (χ1) is 8.19. The van der Waals surface area contributed by atoms with Gasteiger partial charge in [0.2, 0.25) is 0 Å². The predicted octanol–water partition coefficient (Wildman–Crippen LogP) is 2.53. The molecule has 4 nitrogen and oxygen atoms in total. The van der Waals surface area contributed by atoms with Crippen molar-refractivity contribution in [2.45, 2.75) is 6.92 Å². The van der Waals surface area contributed by atoms with E-state index in [0.29, 0.717) is 18.1 Å². The molecule has 0 atom stereocenters. The zero-order valence-corrected chi connectivity index (χ0v) is 10.8. The summed E-state index contributed by atoms with van der Waals surface area (Å²) < 4.78 is 10.5. The lowest BCUT2D eigenvalue weighted by Gasteiger charge is -2.10. The second-order valence-corrected chi connectivity index (χ2v) is 4.61. The number of hydrogen-bond acceptors (Lipinski definition) is 4. The predicted molar refractivity (Wildman–Crippen MR) is 68.4 cm³/mol. The highest BCUT2D eigenvalue weighted by Crippen LogP contribution is 2.25. The van der Waals surface area contributed by atoms with Crippen molar-refractivity contribution in [3.8, 4) is 11.5 Å². The van der Waals surface area contributed by atoms with Gasteiger partial charge in [0.25, 0.3) is 0 Å². The van der Waals surface area contributed by atoms with E-state index in [4.69, 9.17) is 14.6 Å². The van der Waals surface area contributed by atoms with Gasteiger partial charge < -0.3 is 14.6 Å².